The lowest BCUT2D eigenvalue weighted by Gasteiger charge is -2.32. The molecule has 0 bridgehead atoms. The van der Waals surface area contributed by atoms with E-state index in [2.05, 4.69) is 304 Å². The van der Waals surface area contributed by atoms with E-state index >= 15 is 0 Å². The molecule has 0 unspecified atom stereocenters. The smallest absolute Gasteiger partial charge is 0.135 e. The number of benzene rings is 14. The molecule has 0 saturated carbocycles. The summed E-state index contributed by atoms with van der Waals surface area (Å²) in [6.07, 6.45) is 0. The first-order valence-electron chi connectivity index (χ1n) is 32.1. The number of aryl methyl sites for hydroxylation is 4. The molecule has 94 heavy (non-hydrogen) atoms. The Labute approximate surface area is 552 Å². The molecule has 18 aromatic rings. The van der Waals surface area contributed by atoms with Crippen molar-refractivity contribution in [2.45, 2.75) is 27.7 Å². The zero-order valence-corrected chi connectivity index (χ0v) is 53.9. The summed E-state index contributed by atoms with van der Waals surface area (Å²) in [5.41, 5.74) is 26.7. The van der Waals surface area contributed by atoms with Gasteiger partial charge in [-0.1, -0.05) is 194 Å². The van der Waals surface area contributed by atoms with Gasteiger partial charge in [0.15, 0.2) is 0 Å². The van der Waals surface area contributed by atoms with Crippen molar-refractivity contribution in [3.63, 3.8) is 0 Å². The zero-order chi connectivity index (χ0) is 62.7. The van der Waals surface area contributed by atoms with Gasteiger partial charge in [-0.3, -0.25) is 0 Å². The second-order valence-electron chi connectivity index (χ2n) is 24.9. The predicted molar refractivity (Wildman–Crippen MR) is 402 cm³/mol. The Morgan fingerprint density at radius 1 is 0.245 bits per heavy atom. The number of thiophene rings is 2. The number of fused-ring (bicyclic) bond motifs is 12. The normalized spacial score (nSPS) is 11.8. The molecular weight excluding hydrogens is 1180 g/mol. The second kappa shape index (κ2) is 22.2. The molecule has 0 aliphatic rings. The van der Waals surface area contributed by atoms with Gasteiger partial charge >= 0.3 is 0 Å². The third-order valence-corrected chi connectivity index (χ3v) is 21.6. The number of anilines is 6. The molecule has 0 atom stereocenters. The number of para-hydroxylation sites is 4. The summed E-state index contributed by atoms with van der Waals surface area (Å²) in [6.45, 7) is 9.06. The van der Waals surface area contributed by atoms with E-state index in [1.807, 2.05) is 46.9 Å². The van der Waals surface area contributed by atoms with Crippen molar-refractivity contribution in [3.05, 3.63) is 313 Å². The Morgan fingerprint density at radius 3 is 1.02 bits per heavy atom. The molecule has 0 aliphatic carbocycles. The van der Waals surface area contributed by atoms with E-state index in [1.165, 1.54) is 73.7 Å². The lowest BCUT2D eigenvalue weighted by molar-refractivity contribution is 0.668. The van der Waals surface area contributed by atoms with Gasteiger partial charge in [0.2, 0.25) is 0 Å². The number of hydrogen-bond donors (Lipinski definition) is 0. The first-order chi connectivity index (χ1) is 46.2. The average molecular weight is 1240 g/mol. The molecule has 14 aromatic carbocycles. The SMILES string of the molecule is Cc1cc(-c2ccc(N(c3ccc(-c4ccc5oc6ccccc6c5c4)cc3)c3c(C)cccc3-c3cccc4c3sc3ccccc34)c(C)c2)ccc1N(c1ccc(-c2ccc3oc4ccccc4c3c2)cc1)c1c(C)cccc1-c1cccc2c1sc1ccccc12. The summed E-state index contributed by atoms with van der Waals surface area (Å²) in [5, 5.41) is 9.64. The average Bonchev–Trinajstić information content (AvgIpc) is 1.34. The standard InChI is InChI=1S/C88H60N2O2S2/c1-53-17-13-23-69(73-27-15-25-71-67-21-7-11-31-83(67)93-87(71)73)85(53)89(63-41-33-57(34-42-63)61-39-47-81-75(51-61)65-19-5-9-29-79(65)91-81)77-45-37-59(49-55(77)3)60-38-46-78(56(4)50-60)90(64-43-35-58(36-44-64)62-40-48-82-76(52-62)66-20-6-10-30-80(66)92-82)86-54(2)18-14-24-70(86)74-28-16-26-72-68-22-8-12-32-84(68)94-88(72)74/h5-52H,1-4H3. The van der Waals surface area contributed by atoms with Gasteiger partial charge in [-0.2, -0.15) is 0 Å². The molecular formula is C88H60N2O2S2. The summed E-state index contributed by atoms with van der Waals surface area (Å²) >= 11 is 3.75. The maximum Gasteiger partial charge on any atom is 0.135 e. The minimum Gasteiger partial charge on any atom is -0.456 e. The summed E-state index contributed by atoms with van der Waals surface area (Å²) in [5.74, 6) is 0. The van der Waals surface area contributed by atoms with Crippen molar-refractivity contribution in [3.8, 4) is 55.6 Å². The molecule has 6 heteroatoms. The van der Waals surface area contributed by atoms with E-state index < -0.39 is 0 Å². The van der Waals surface area contributed by atoms with E-state index in [0.717, 1.165) is 123 Å². The summed E-state index contributed by atoms with van der Waals surface area (Å²) < 4.78 is 17.7. The Morgan fingerprint density at radius 2 is 0.585 bits per heavy atom. The summed E-state index contributed by atoms with van der Waals surface area (Å²) in [4.78, 5) is 5.00. The largest absolute Gasteiger partial charge is 0.456 e. The fourth-order valence-corrected chi connectivity index (χ4v) is 17.1. The molecule has 0 fully saturated rings. The third-order valence-electron chi connectivity index (χ3n) is 19.2. The first kappa shape index (κ1) is 55.6. The highest BCUT2D eigenvalue weighted by atomic mass is 32.1. The topological polar surface area (TPSA) is 32.8 Å². The quantitative estimate of drug-likeness (QED) is 0.129. The Balaban J connectivity index is 0.760. The maximum absolute atomic E-state index is 6.26. The molecule has 446 valence electrons. The van der Waals surface area contributed by atoms with Crippen LogP contribution in [0.5, 0.6) is 0 Å². The first-order valence-corrected chi connectivity index (χ1v) is 33.7. The third kappa shape index (κ3) is 9.15. The van der Waals surface area contributed by atoms with Crippen molar-refractivity contribution in [1.82, 2.24) is 0 Å². The van der Waals surface area contributed by atoms with Crippen molar-refractivity contribution >= 4 is 141 Å². The van der Waals surface area contributed by atoms with Crippen molar-refractivity contribution in [1.29, 1.82) is 0 Å². The van der Waals surface area contributed by atoms with Crippen LogP contribution >= 0.6 is 22.7 Å². The lowest BCUT2D eigenvalue weighted by atomic mass is 9.94. The van der Waals surface area contributed by atoms with E-state index in [-0.39, 0.29) is 0 Å². The molecule has 4 heterocycles. The molecule has 4 aromatic heterocycles. The van der Waals surface area contributed by atoms with Crippen LogP contribution in [-0.2, 0) is 0 Å². The van der Waals surface area contributed by atoms with E-state index in [9.17, 15) is 0 Å². The van der Waals surface area contributed by atoms with Gasteiger partial charge in [0.25, 0.3) is 0 Å². The molecule has 0 N–H and O–H groups in total. The lowest BCUT2D eigenvalue weighted by Crippen LogP contribution is -2.14. The molecule has 0 amide bonds. The van der Waals surface area contributed by atoms with Crippen LogP contribution in [0.15, 0.2) is 300 Å². The fourth-order valence-electron chi connectivity index (χ4n) is 14.6. The Kier molecular flexibility index (Phi) is 13.1. The van der Waals surface area contributed by atoms with Crippen molar-refractivity contribution in [2.24, 2.45) is 0 Å². The van der Waals surface area contributed by atoms with Gasteiger partial charge in [0.05, 0.1) is 11.4 Å². The van der Waals surface area contributed by atoms with Crippen LogP contribution in [0.3, 0.4) is 0 Å². The fraction of sp³-hybridized carbons (Fsp3) is 0.0455. The van der Waals surface area contributed by atoms with Gasteiger partial charge in [0, 0.05) is 107 Å². The van der Waals surface area contributed by atoms with Gasteiger partial charge < -0.3 is 18.6 Å². The van der Waals surface area contributed by atoms with Crippen LogP contribution < -0.4 is 9.80 Å². The minimum atomic E-state index is 0.894. The van der Waals surface area contributed by atoms with Crippen LogP contribution in [0.25, 0.3) is 140 Å². The van der Waals surface area contributed by atoms with Crippen LogP contribution in [0.1, 0.15) is 22.3 Å². The predicted octanol–water partition coefficient (Wildman–Crippen LogP) is 26.7. The number of hydrogen-bond acceptors (Lipinski definition) is 6. The summed E-state index contributed by atoms with van der Waals surface area (Å²) in [6, 6.07) is 107. The molecule has 0 aliphatic heterocycles. The maximum atomic E-state index is 6.26. The van der Waals surface area contributed by atoms with E-state index in [0.29, 0.717) is 0 Å². The van der Waals surface area contributed by atoms with Gasteiger partial charge in [-0.15, -0.1) is 22.7 Å². The molecule has 0 saturated heterocycles. The highest BCUT2D eigenvalue weighted by molar-refractivity contribution is 7.26. The molecule has 18 rings (SSSR count). The molecule has 0 radical (unpaired) electrons. The van der Waals surface area contributed by atoms with Crippen molar-refractivity contribution < 1.29 is 8.83 Å². The van der Waals surface area contributed by atoms with Crippen molar-refractivity contribution in [2.75, 3.05) is 9.80 Å². The van der Waals surface area contributed by atoms with Gasteiger partial charge in [0.1, 0.15) is 22.3 Å². The number of furan rings is 2. The monoisotopic (exact) mass is 1240 g/mol. The Bertz CT molecular complexity index is 5690. The second-order valence-corrected chi connectivity index (χ2v) is 27.0. The minimum absolute atomic E-state index is 0.894. The zero-order valence-electron chi connectivity index (χ0n) is 52.2. The van der Waals surface area contributed by atoms with Gasteiger partial charge in [-0.05, 0) is 180 Å². The Hall–Kier alpha value is -11.3. The van der Waals surface area contributed by atoms with Crippen LogP contribution in [0.2, 0.25) is 0 Å². The summed E-state index contributed by atoms with van der Waals surface area (Å²) in [7, 11) is 0. The highest BCUT2D eigenvalue weighted by Crippen LogP contribution is 2.52. The number of nitrogens with zero attached hydrogens (tertiary/aromatic N) is 2. The van der Waals surface area contributed by atoms with Crippen LogP contribution in [-0.4, -0.2) is 0 Å². The highest BCUT2D eigenvalue weighted by Gasteiger charge is 2.26. The van der Waals surface area contributed by atoms with Crippen LogP contribution in [0, 0.1) is 27.7 Å². The van der Waals surface area contributed by atoms with E-state index in [1.54, 1.807) is 0 Å². The van der Waals surface area contributed by atoms with Gasteiger partial charge in [-0.25, -0.2) is 0 Å². The molecule has 4 nitrogen and oxygen atoms in total. The van der Waals surface area contributed by atoms with E-state index in [4.69, 9.17) is 8.83 Å². The van der Waals surface area contributed by atoms with Crippen LogP contribution in [0.4, 0.5) is 34.1 Å². The molecule has 0 spiro atoms. The number of rotatable bonds is 11.